The predicted molar refractivity (Wildman–Crippen MR) is 145 cm³/mol. The van der Waals surface area contributed by atoms with Gasteiger partial charge in [-0.3, -0.25) is 9.78 Å². The van der Waals surface area contributed by atoms with E-state index in [4.69, 9.17) is 24.3 Å². The van der Waals surface area contributed by atoms with E-state index in [0.29, 0.717) is 13.0 Å². The van der Waals surface area contributed by atoms with Crippen molar-refractivity contribution in [2.45, 2.75) is 12.8 Å². The molecule has 0 spiro atoms. The van der Waals surface area contributed by atoms with Crippen LogP contribution in [0.4, 0.5) is 0 Å². The normalized spacial score (nSPS) is 10.8. The lowest BCUT2D eigenvalue weighted by atomic mass is 10.0. The number of ether oxygens (including phenoxy) is 1. The quantitative estimate of drug-likeness (QED) is 0.106. The Balaban J connectivity index is 1.32. The highest BCUT2D eigenvalue weighted by molar-refractivity contribution is 5.90. The molecule has 198 valence electrons. The molecule has 0 amide bonds. The molecule has 39 heavy (non-hydrogen) atoms. The Kier molecular flexibility index (Phi) is 10.4. The Morgan fingerprint density at radius 1 is 0.513 bits per heavy atom. The molecule has 2 radical (unpaired) electrons. The zero-order chi connectivity index (χ0) is 27.3. The molecule has 0 fully saturated rings. The van der Waals surface area contributed by atoms with Crippen molar-refractivity contribution in [1.29, 1.82) is 0 Å². The Morgan fingerprint density at radius 3 is 1.33 bits per heavy atom. The van der Waals surface area contributed by atoms with Crippen molar-refractivity contribution in [3.05, 3.63) is 134 Å². The average molecular weight is 525 g/mol. The van der Waals surface area contributed by atoms with E-state index >= 15 is 0 Å². The topological polar surface area (TPSA) is 80.3 Å². The van der Waals surface area contributed by atoms with Crippen LogP contribution in [0.25, 0.3) is 22.3 Å². The van der Waals surface area contributed by atoms with Crippen LogP contribution in [-0.4, -0.2) is 25.2 Å². The van der Waals surface area contributed by atoms with Crippen LogP contribution in [0.15, 0.2) is 109 Å². The summed E-state index contributed by atoms with van der Waals surface area (Å²) in [6.45, 7) is 4.31. The third kappa shape index (κ3) is 8.35. The highest BCUT2D eigenvalue weighted by atomic mass is 17.3. The lowest BCUT2D eigenvalue weighted by molar-refractivity contribution is -0.364. The van der Waals surface area contributed by atoms with Gasteiger partial charge in [0.25, 0.3) is 0 Å². The maximum Gasteiger partial charge on any atom is 0.373 e. The number of rotatable bonds is 13. The second-order valence-electron chi connectivity index (χ2n) is 8.38. The van der Waals surface area contributed by atoms with E-state index in [0.717, 1.165) is 22.3 Å². The largest absolute Gasteiger partial charge is 0.381 e. The van der Waals surface area contributed by atoms with E-state index in [9.17, 15) is 9.59 Å². The van der Waals surface area contributed by atoms with E-state index in [2.05, 4.69) is 6.92 Å². The first-order chi connectivity index (χ1) is 19.1. The molecular formula is C32H28O7. The highest BCUT2D eigenvalue weighted by Gasteiger charge is 2.22. The molecule has 0 aliphatic heterocycles. The van der Waals surface area contributed by atoms with Gasteiger partial charge in [-0.1, -0.05) is 91.9 Å². The number of carbonyl (C=O) groups excluding carboxylic acids is 2. The van der Waals surface area contributed by atoms with Gasteiger partial charge >= 0.3 is 18.2 Å². The lowest BCUT2D eigenvalue weighted by Gasteiger charge is -2.14. The lowest BCUT2D eigenvalue weighted by Crippen LogP contribution is -2.17. The van der Waals surface area contributed by atoms with Crippen LogP contribution in [-0.2, 0) is 24.3 Å². The Morgan fingerprint density at radius 2 is 0.923 bits per heavy atom. The maximum atomic E-state index is 12.5. The molecule has 0 heterocycles. The van der Waals surface area contributed by atoms with Crippen LogP contribution < -0.4 is 0 Å². The van der Waals surface area contributed by atoms with Gasteiger partial charge in [0.15, 0.2) is 0 Å². The van der Waals surface area contributed by atoms with Crippen LogP contribution in [0.5, 0.6) is 0 Å². The van der Waals surface area contributed by atoms with Crippen LogP contribution in [0.2, 0.25) is 0 Å². The molecule has 0 saturated carbocycles. The van der Waals surface area contributed by atoms with E-state index in [-0.39, 0.29) is 30.4 Å². The minimum Gasteiger partial charge on any atom is -0.381 e. The van der Waals surface area contributed by atoms with Gasteiger partial charge in [-0.05, 0) is 52.9 Å². The SMILES string of the molecule is [CH2]CCOCC[C](OOC(=O)c1ccc(-c2ccccc2)cc1)OOC(=O)c1ccc(-c2ccccc2)cc1. The Hall–Kier alpha value is -4.30. The fraction of sp³-hybridized carbons (Fsp3) is 0.125. The van der Waals surface area contributed by atoms with Crippen molar-refractivity contribution >= 4 is 11.9 Å². The molecule has 0 saturated heterocycles. The first-order valence-corrected chi connectivity index (χ1v) is 12.5. The number of hydrogen-bond acceptors (Lipinski definition) is 7. The molecule has 7 heteroatoms. The summed E-state index contributed by atoms with van der Waals surface area (Å²) in [5, 5.41) is 0. The zero-order valence-electron chi connectivity index (χ0n) is 21.3. The molecule has 0 unspecified atom stereocenters. The van der Waals surface area contributed by atoms with Crippen LogP contribution in [0, 0.1) is 13.2 Å². The standard InChI is InChI=1S/C32H28O7/c1-2-22-35-23-21-30(36-38-31(33)28-17-13-26(14-18-28)24-9-5-3-6-10-24)37-39-32(34)29-19-15-27(16-20-29)25-11-7-4-8-12-25/h3-20H,1-2,21-23H2. The number of benzene rings is 4. The van der Waals surface area contributed by atoms with E-state index in [1.165, 1.54) is 0 Å². The molecule has 0 aliphatic rings. The molecule has 4 rings (SSSR count). The van der Waals surface area contributed by atoms with Gasteiger partial charge in [-0.15, -0.1) is 9.78 Å². The van der Waals surface area contributed by atoms with Gasteiger partial charge in [-0.2, -0.15) is 0 Å². The minimum absolute atomic E-state index is 0.0560. The molecule has 4 aromatic carbocycles. The first-order valence-electron chi connectivity index (χ1n) is 12.5. The summed E-state index contributed by atoms with van der Waals surface area (Å²) in [7, 11) is 0. The summed E-state index contributed by atoms with van der Waals surface area (Å²) in [6, 6.07) is 33.3. The zero-order valence-corrected chi connectivity index (χ0v) is 21.3. The molecule has 7 nitrogen and oxygen atoms in total. The van der Waals surface area contributed by atoms with Crippen molar-refractivity contribution < 1.29 is 33.9 Å². The van der Waals surface area contributed by atoms with Crippen molar-refractivity contribution in [3.63, 3.8) is 0 Å². The van der Waals surface area contributed by atoms with Crippen molar-refractivity contribution in [1.82, 2.24) is 0 Å². The predicted octanol–water partition coefficient (Wildman–Crippen LogP) is 7.02. The van der Waals surface area contributed by atoms with E-state index in [1.807, 2.05) is 84.9 Å². The smallest absolute Gasteiger partial charge is 0.373 e. The molecule has 0 bridgehead atoms. The van der Waals surface area contributed by atoms with E-state index < -0.39 is 11.9 Å². The van der Waals surface area contributed by atoms with Crippen LogP contribution >= 0.6 is 0 Å². The molecule has 0 N–H and O–H groups in total. The van der Waals surface area contributed by atoms with Crippen LogP contribution in [0.1, 0.15) is 33.6 Å². The summed E-state index contributed by atoms with van der Waals surface area (Å²) >= 11 is 0. The monoisotopic (exact) mass is 524 g/mol. The summed E-state index contributed by atoms with van der Waals surface area (Å²) in [5.41, 5.74) is 4.51. The Bertz CT molecular complexity index is 1210. The van der Waals surface area contributed by atoms with Gasteiger partial charge in [0, 0.05) is 13.0 Å². The van der Waals surface area contributed by atoms with E-state index in [1.54, 1.807) is 24.3 Å². The molecule has 0 aliphatic carbocycles. The fourth-order valence-corrected chi connectivity index (χ4v) is 3.58. The Labute approximate surface area is 227 Å². The molecule has 4 aromatic rings. The van der Waals surface area contributed by atoms with Gasteiger partial charge in [-0.25, -0.2) is 9.59 Å². The summed E-state index contributed by atoms with van der Waals surface area (Å²) in [5.74, 6) is -1.48. The fourth-order valence-electron chi connectivity index (χ4n) is 3.58. The van der Waals surface area contributed by atoms with Crippen molar-refractivity contribution in [2.24, 2.45) is 0 Å². The van der Waals surface area contributed by atoms with Gasteiger partial charge in [0.05, 0.1) is 17.7 Å². The number of hydrogen-bond donors (Lipinski definition) is 0. The molecule has 0 aromatic heterocycles. The second-order valence-corrected chi connectivity index (χ2v) is 8.38. The summed E-state index contributed by atoms with van der Waals surface area (Å²) < 4.78 is 5.38. The van der Waals surface area contributed by atoms with Crippen molar-refractivity contribution in [2.75, 3.05) is 13.2 Å². The third-order valence-electron chi connectivity index (χ3n) is 5.62. The molecule has 0 atom stereocenters. The minimum atomic E-state index is -0.739. The highest BCUT2D eigenvalue weighted by Crippen LogP contribution is 2.22. The van der Waals surface area contributed by atoms with Gasteiger partial charge in [0.2, 0.25) is 0 Å². The maximum absolute atomic E-state index is 12.5. The first kappa shape index (κ1) is 27.7. The number of carbonyl (C=O) groups is 2. The van der Waals surface area contributed by atoms with Gasteiger partial charge in [0.1, 0.15) is 0 Å². The van der Waals surface area contributed by atoms with Crippen molar-refractivity contribution in [3.8, 4) is 22.3 Å². The third-order valence-corrected chi connectivity index (χ3v) is 5.62. The summed E-state index contributed by atoms with van der Waals surface area (Å²) in [4.78, 5) is 45.1. The van der Waals surface area contributed by atoms with Crippen LogP contribution in [0.3, 0.4) is 0 Å². The average Bonchev–Trinajstić information content (AvgIpc) is 3.01. The summed E-state index contributed by atoms with van der Waals surface area (Å²) in [6.07, 6.45) is 0.391. The second kappa shape index (κ2) is 14.6. The molecular weight excluding hydrogens is 496 g/mol. The van der Waals surface area contributed by atoms with Gasteiger partial charge < -0.3 is 4.74 Å².